The van der Waals surface area contributed by atoms with Crippen molar-refractivity contribution in [2.75, 3.05) is 12.4 Å². The monoisotopic (exact) mass is 256 g/mol. The fourth-order valence-corrected chi connectivity index (χ4v) is 1.92. The molecule has 0 amide bonds. The van der Waals surface area contributed by atoms with Crippen LogP contribution in [0.2, 0.25) is 0 Å². The Bertz CT molecular complexity index is 731. The van der Waals surface area contributed by atoms with Gasteiger partial charge in [0, 0.05) is 7.05 Å². The molecule has 2 aromatic heterocycles. The Morgan fingerprint density at radius 1 is 1.05 bits per heavy atom. The Balaban J connectivity index is 2.21. The molecule has 2 heterocycles. The van der Waals surface area contributed by atoms with Gasteiger partial charge in [-0.15, -0.1) is 0 Å². The summed E-state index contributed by atoms with van der Waals surface area (Å²) < 4.78 is 0. The van der Waals surface area contributed by atoms with E-state index in [1.54, 1.807) is 13.1 Å². The molecule has 0 fully saturated rings. The molecule has 6 heteroatoms. The standard InChI is InChI=1S/C13H12N4O2/c1-14-10-6-5-7-12(16-10)17-13(15-7)11-8(18)3-2-4-9(11)19/h2-6,18-19H,1H3,(H2,14,15,16,17). The van der Waals surface area contributed by atoms with E-state index in [2.05, 4.69) is 20.3 Å². The third kappa shape index (κ3) is 1.83. The third-order valence-corrected chi connectivity index (χ3v) is 2.86. The second-order valence-corrected chi connectivity index (χ2v) is 4.07. The van der Waals surface area contributed by atoms with Gasteiger partial charge in [0.05, 0.1) is 5.52 Å². The first-order chi connectivity index (χ1) is 9.19. The number of rotatable bonds is 2. The van der Waals surface area contributed by atoms with Crippen molar-refractivity contribution in [3.8, 4) is 22.9 Å². The van der Waals surface area contributed by atoms with E-state index in [0.29, 0.717) is 17.3 Å². The number of hydrogen-bond acceptors (Lipinski definition) is 5. The van der Waals surface area contributed by atoms with Crippen molar-refractivity contribution >= 4 is 17.0 Å². The van der Waals surface area contributed by atoms with Crippen LogP contribution in [0.5, 0.6) is 11.5 Å². The van der Waals surface area contributed by atoms with Crippen LogP contribution in [0, 0.1) is 0 Å². The second-order valence-electron chi connectivity index (χ2n) is 4.07. The number of pyridine rings is 1. The number of anilines is 1. The molecular weight excluding hydrogens is 244 g/mol. The molecule has 0 saturated carbocycles. The summed E-state index contributed by atoms with van der Waals surface area (Å²) in [5.74, 6) is 1.01. The minimum Gasteiger partial charge on any atom is -0.507 e. The number of aromatic hydroxyl groups is 2. The molecule has 1 aromatic carbocycles. The molecule has 0 aliphatic rings. The van der Waals surface area contributed by atoms with Crippen LogP contribution in [-0.2, 0) is 0 Å². The summed E-state index contributed by atoms with van der Waals surface area (Å²) >= 11 is 0. The summed E-state index contributed by atoms with van der Waals surface area (Å²) in [5.41, 5.74) is 1.52. The molecule has 0 radical (unpaired) electrons. The molecule has 0 aliphatic heterocycles. The zero-order valence-corrected chi connectivity index (χ0v) is 10.2. The lowest BCUT2D eigenvalue weighted by Crippen LogP contribution is -1.91. The Hall–Kier alpha value is -2.76. The number of imidazole rings is 1. The quantitative estimate of drug-likeness (QED) is 0.563. The number of aromatic nitrogens is 3. The zero-order chi connectivity index (χ0) is 13.4. The van der Waals surface area contributed by atoms with E-state index in [1.165, 1.54) is 12.1 Å². The maximum atomic E-state index is 9.82. The molecule has 0 aliphatic carbocycles. The van der Waals surface area contributed by atoms with Gasteiger partial charge in [0.25, 0.3) is 0 Å². The first kappa shape index (κ1) is 11.3. The highest BCUT2D eigenvalue weighted by Gasteiger charge is 2.14. The van der Waals surface area contributed by atoms with Crippen LogP contribution >= 0.6 is 0 Å². The largest absolute Gasteiger partial charge is 0.507 e. The van der Waals surface area contributed by atoms with Crippen molar-refractivity contribution in [2.45, 2.75) is 0 Å². The molecule has 0 bridgehead atoms. The lowest BCUT2D eigenvalue weighted by atomic mass is 10.1. The van der Waals surface area contributed by atoms with E-state index < -0.39 is 0 Å². The van der Waals surface area contributed by atoms with Crippen LogP contribution in [0.1, 0.15) is 0 Å². The van der Waals surface area contributed by atoms with Gasteiger partial charge in [-0.3, -0.25) is 0 Å². The maximum Gasteiger partial charge on any atom is 0.180 e. The first-order valence-corrected chi connectivity index (χ1v) is 5.75. The Kier molecular flexibility index (Phi) is 2.49. The van der Waals surface area contributed by atoms with Gasteiger partial charge in [-0.05, 0) is 24.3 Å². The number of phenols is 2. The van der Waals surface area contributed by atoms with E-state index in [1.807, 2.05) is 12.1 Å². The van der Waals surface area contributed by atoms with Crippen LogP contribution in [-0.4, -0.2) is 32.2 Å². The van der Waals surface area contributed by atoms with Crippen molar-refractivity contribution < 1.29 is 10.2 Å². The molecule has 3 aromatic rings. The number of hydrogen-bond donors (Lipinski definition) is 4. The number of H-pyrrole nitrogens is 1. The molecule has 0 spiro atoms. The van der Waals surface area contributed by atoms with Crippen molar-refractivity contribution in [1.82, 2.24) is 15.0 Å². The molecule has 96 valence electrons. The third-order valence-electron chi connectivity index (χ3n) is 2.86. The molecule has 0 atom stereocenters. The summed E-state index contributed by atoms with van der Waals surface area (Å²) in [4.78, 5) is 11.6. The lowest BCUT2D eigenvalue weighted by Gasteiger charge is -2.02. The predicted molar refractivity (Wildman–Crippen MR) is 72.2 cm³/mol. The van der Waals surface area contributed by atoms with Crippen LogP contribution < -0.4 is 5.32 Å². The summed E-state index contributed by atoms with van der Waals surface area (Å²) in [5, 5.41) is 22.6. The van der Waals surface area contributed by atoms with E-state index in [0.717, 1.165) is 5.52 Å². The van der Waals surface area contributed by atoms with Crippen molar-refractivity contribution in [2.24, 2.45) is 0 Å². The zero-order valence-electron chi connectivity index (χ0n) is 10.2. The first-order valence-electron chi connectivity index (χ1n) is 5.75. The van der Waals surface area contributed by atoms with Crippen LogP contribution in [0.15, 0.2) is 30.3 Å². The van der Waals surface area contributed by atoms with Crippen molar-refractivity contribution in [3.63, 3.8) is 0 Å². The van der Waals surface area contributed by atoms with Crippen LogP contribution in [0.4, 0.5) is 5.82 Å². The Labute approximate surface area is 108 Å². The van der Waals surface area contributed by atoms with Gasteiger partial charge in [-0.1, -0.05) is 6.07 Å². The number of nitrogens with zero attached hydrogens (tertiary/aromatic N) is 2. The van der Waals surface area contributed by atoms with Gasteiger partial charge in [0.2, 0.25) is 0 Å². The van der Waals surface area contributed by atoms with Gasteiger partial charge >= 0.3 is 0 Å². The molecule has 0 unspecified atom stereocenters. The summed E-state index contributed by atoms with van der Waals surface area (Å²) in [6, 6.07) is 8.20. The van der Waals surface area contributed by atoms with Gasteiger partial charge < -0.3 is 20.5 Å². The average molecular weight is 256 g/mol. The number of fused-ring (bicyclic) bond motifs is 1. The minimum absolute atomic E-state index is 0.0344. The van der Waals surface area contributed by atoms with E-state index in [4.69, 9.17) is 0 Å². The Morgan fingerprint density at radius 2 is 1.79 bits per heavy atom. The van der Waals surface area contributed by atoms with Gasteiger partial charge in [-0.25, -0.2) is 9.97 Å². The molecule has 6 nitrogen and oxygen atoms in total. The molecular formula is C13H12N4O2. The van der Waals surface area contributed by atoms with Gasteiger partial charge in [-0.2, -0.15) is 0 Å². The molecule has 19 heavy (non-hydrogen) atoms. The predicted octanol–water partition coefficient (Wildman–Crippen LogP) is 2.08. The molecule has 0 saturated heterocycles. The molecule has 3 rings (SSSR count). The Morgan fingerprint density at radius 3 is 2.47 bits per heavy atom. The fraction of sp³-hybridized carbons (Fsp3) is 0.0769. The average Bonchev–Trinajstić information content (AvgIpc) is 2.80. The highest BCUT2D eigenvalue weighted by Crippen LogP contribution is 2.35. The fourth-order valence-electron chi connectivity index (χ4n) is 1.92. The smallest absolute Gasteiger partial charge is 0.180 e. The number of phenolic OH excluding ortho intramolecular Hbond substituents is 2. The lowest BCUT2D eigenvalue weighted by molar-refractivity contribution is 0.453. The van der Waals surface area contributed by atoms with E-state index in [-0.39, 0.29) is 17.1 Å². The van der Waals surface area contributed by atoms with Gasteiger partial charge in [0.15, 0.2) is 5.65 Å². The normalized spacial score (nSPS) is 10.8. The van der Waals surface area contributed by atoms with E-state index in [9.17, 15) is 10.2 Å². The second kappa shape index (κ2) is 4.16. The molecule has 4 N–H and O–H groups in total. The summed E-state index contributed by atoms with van der Waals surface area (Å²) in [7, 11) is 1.77. The van der Waals surface area contributed by atoms with Crippen molar-refractivity contribution in [3.05, 3.63) is 30.3 Å². The summed E-state index contributed by atoms with van der Waals surface area (Å²) in [6.45, 7) is 0. The van der Waals surface area contributed by atoms with Crippen LogP contribution in [0.25, 0.3) is 22.6 Å². The summed E-state index contributed by atoms with van der Waals surface area (Å²) in [6.07, 6.45) is 0. The van der Waals surface area contributed by atoms with Crippen LogP contribution in [0.3, 0.4) is 0 Å². The SMILES string of the molecule is CNc1ccc2[nH]c(-c3c(O)cccc3O)nc2n1. The number of aromatic amines is 1. The number of benzene rings is 1. The van der Waals surface area contributed by atoms with E-state index >= 15 is 0 Å². The van der Waals surface area contributed by atoms with Gasteiger partial charge in [0.1, 0.15) is 28.7 Å². The maximum absolute atomic E-state index is 9.82. The highest BCUT2D eigenvalue weighted by atomic mass is 16.3. The number of nitrogens with one attached hydrogen (secondary N) is 2. The minimum atomic E-state index is -0.0344. The highest BCUT2D eigenvalue weighted by molar-refractivity contribution is 5.81. The van der Waals surface area contributed by atoms with Crippen molar-refractivity contribution in [1.29, 1.82) is 0 Å². The topological polar surface area (TPSA) is 94.1 Å².